The summed E-state index contributed by atoms with van der Waals surface area (Å²) in [6.45, 7) is 4.69. The Hall–Kier alpha value is -0.710. The fourth-order valence-corrected chi connectivity index (χ4v) is 2.94. The van der Waals surface area contributed by atoms with Gasteiger partial charge in [0.15, 0.2) is 0 Å². The number of halogens is 1. The van der Waals surface area contributed by atoms with E-state index < -0.39 is 5.54 Å². The van der Waals surface area contributed by atoms with Crippen LogP contribution >= 0.6 is 23.4 Å². The van der Waals surface area contributed by atoms with Crippen molar-refractivity contribution in [1.82, 2.24) is 5.32 Å². The van der Waals surface area contributed by atoms with Gasteiger partial charge < -0.3 is 10.1 Å². The van der Waals surface area contributed by atoms with Crippen LogP contribution in [0.2, 0.25) is 5.02 Å². The minimum atomic E-state index is -0.700. The predicted octanol–water partition coefficient (Wildman–Crippen LogP) is 3.36. The summed E-state index contributed by atoms with van der Waals surface area (Å²) in [5.41, 5.74) is -0.700. The maximum Gasteiger partial charge on any atom is 0.326 e. The number of hydrogen-bond donors (Lipinski definition) is 1. The van der Waals surface area contributed by atoms with Gasteiger partial charge in [-0.15, -0.1) is 11.8 Å². The Morgan fingerprint density at radius 1 is 1.47 bits per heavy atom. The first-order valence-corrected chi connectivity index (χ1v) is 7.60. The van der Waals surface area contributed by atoms with Crippen molar-refractivity contribution in [3.8, 4) is 0 Å². The largest absolute Gasteiger partial charge is 0.468 e. The Bertz CT molecular complexity index is 428. The molecule has 0 radical (unpaired) electrons. The highest BCUT2D eigenvalue weighted by Gasteiger charge is 2.33. The van der Waals surface area contributed by atoms with Crippen LogP contribution in [0.1, 0.15) is 20.3 Å². The molecule has 0 amide bonds. The monoisotopic (exact) mass is 301 g/mol. The summed E-state index contributed by atoms with van der Waals surface area (Å²) in [5, 5.41) is 3.95. The van der Waals surface area contributed by atoms with Crippen LogP contribution in [0.5, 0.6) is 0 Å². The normalized spacial score (nSPS) is 13.9. The van der Waals surface area contributed by atoms with Gasteiger partial charge in [-0.2, -0.15) is 0 Å². The Morgan fingerprint density at radius 2 is 2.16 bits per heavy atom. The first kappa shape index (κ1) is 16.3. The van der Waals surface area contributed by atoms with Gasteiger partial charge in [0.25, 0.3) is 0 Å². The smallest absolute Gasteiger partial charge is 0.326 e. The first-order valence-electron chi connectivity index (χ1n) is 6.24. The first-order chi connectivity index (χ1) is 9.03. The quantitative estimate of drug-likeness (QED) is 0.619. The minimum Gasteiger partial charge on any atom is -0.468 e. The van der Waals surface area contributed by atoms with E-state index in [9.17, 15) is 4.79 Å². The average molecular weight is 302 g/mol. The molecule has 0 heterocycles. The summed E-state index contributed by atoms with van der Waals surface area (Å²) < 4.78 is 4.88. The number of nitrogens with one attached hydrogen (secondary N) is 1. The van der Waals surface area contributed by atoms with E-state index in [4.69, 9.17) is 16.3 Å². The molecule has 1 rings (SSSR count). The van der Waals surface area contributed by atoms with Gasteiger partial charge >= 0.3 is 5.97 Å². The van der Waals surface area contributed by atoms with E-state index in [0.29, 0.717) is 10.8 Å². The lowest BCUT2D eigenvalue weighted by atomic mass is 10.1. The Kier molecular flexibility index (Phi) is 6.69. The summed E-state index contributed by atoms with van der Waals surface area (Å²) >= 11 is 7.67. The highest BCUT2D eigenvalue weighted by molar-refractivity contribution is 7.99. The van der Waals surface area contributed by atoms with Gasteiger partial charge in [0, 0.05) is 10.6 Å². The minimum absolute atomic E-state index is 0.250. The lowest BCUT2D eigenvalue weighted by Crippen LogP contribution is -2.52. The van der Waals surface area contributed by atoms with Crippen molar-refractivity contribution in [3.63, 3.8) is 0 Å². The summed E-state index contributed by atoms with van der Waals surface area (Å²) in [6.07, 6.45) is 0.962. The highest BCUT2D eigenvalue weighted by atomic mass is 35.5. The van der Waals surface area contributed by atoms with Crippen LogP contribution in [0.4, 0.5) is 0 Å². The van der Waals surface area contributed by atoms with E-state index in [1.54, 1.807) is 11.8 Å². The molecule has 0 saturated carbocycles. The molecule has 0 bridgehead atoms. The Labute approximate surface area is 124 Å². The molecule has 1 atom stereocenters. The lowest BCUT2D eigenvalue weighted by Gasteiger charge is -2.27. The molecule has 1 N–H and O–H groups in total. The molecule has 106 valence electrons. The van der Waals surface area contributed by atoms with Crippen molar-refractivity contribution in [2.75, 3.05) is 19.4 Å². The summed E-state index contributed by atoms with van der Waals surface area (Å²) in [5.74, 6) is 0.323. The van der Waals surface area contributed by atoms with Crippen molar-refractivity contribution in [2.24, 2.45) is 0 Å². The van der Waals surface area contributed by atoms with Gasteiger partial charge in [0.05, 0.1) is 12.1 Å². The van der Waals surface area contributed by atoms with E-state index in [0.717, 1.165) is 17.9 Å². The summed E-state index contributed by atoms with van der Waals surface area (Å²) in [6, 6.07) is 7.62. The number of benzene rings is 1. The number of methoxy groups -OCH3 is 1. The van der Waals surface area contributed by atoms with Gasteiger partial charge in [-0.1, -0.05) is 30.7 Å². The third-order valence-corrected chi connectivity index (χ3v) is 4.58. The van der Waals surface area contributed by atoms with Gasteiger partial charge in [-0.05, 0) is 32.0 Å². The van der Waals surface area contributed by atoms with E-state index in [-0.39, 0.29) is 5.97 Å². The number of thioether (sulfide) groups is 1. The third kappa shape index (κ3) is 4.71. The maximum atomic E-state index is 11.9. The standard InChI is InChI=1S/C14H20ClNO2S/c1-4-9-16-14(2,13(17)18-3)10-19-12-8-6-5-7-11(12)15/h5-8,16H,4,9-10H2,1-3H3. The van der Waals surface area contributed by atoms with E-state index in [1.165, 1.54) is 7.11 Å². The number of esters is 1. The fourth-order valence-electron chi connectivity index (χ4n) is 1.59. The van der Waals surface area contributed by atoms with Crippen molar-refractivity contribution in [2.45, 2.75) is 30.7 Å². The van der Waals surface area contributed by atoms with E-state index in [1.807, 2.05) is 31.2 Å². The van der Waals surface area contributed by atoms with Crippen molar-refractivity contribution in [1.29, 1.82) is 0 Å². The number of rotatable bonds is 7. The van der Waals surface area contributed by atoms with Crippen LogP contribution in [0, 0.1) is 0 Å². The molecule has 0 aliphatic heterocycles. The zero-order valence-electron chi connectivity index (χ0n) is 11.5. The molecule has 0 spiro atoms. The fraction of sp³-hybridized carbons (Fsp3) is 0.500. The second-order valence-electron chi connectivity index (χ2n) is 4.47. The molecule has 19 heavy (non-hydrogen) atoms. The maximum absolute atomic E-state index is 11.9. The number of carbonyl (C=O) groups excluding carboxylic acids is 1. The zero-order chi connectivity index (χ0) is 14.3. The second kappa shape index (κ2) is 7.78. The molecule has 5 heteroatoms. The van der Waals surface area contributed by atoms with Crippen LogP contribution < -0.4 is 5.32 Å². The van der Waals surface area contributed by atoms with E-state index >= 15 is 0 Å². The molecule has 1 aromatic rings. The molecule has 0 aliphatic rings. The molecule has 3 nitrogen and oxygen atoms in total. The van der Waals surface area contributed by atoms with Crippen molar-refractivity contribution >= 4 is 29.3 Å². The third-order valence-electron chi connectivity index (χ3n) is 2.75. The molecule has 0 aromatic heterocycles. The molecule has 1 aromatic carbocycles. The predicted molar refractivity (Wildman–Crippen MR) is 80.9 cm³/mol. The van der Waals surface area contributed by atoms with Crippen LogP contribution in [-0.2, 0) is 9.53 Å². The molecular formula is C14H20ClNO2S. The van der Waals surface area contributed by atoms with Crippen molar-refractivity contribution < 1.29 is 9.53 Å². The number of carbonyl (C=O) groups is 1. The SMILES string of the molecule is CCCNC(C)(CSc1ccccc1Cl)C(=O)OC. The van der Waals surface area contributed by atoms with Crippen LogP contribution in [0.3, 0.4) is 0 Å². The molecule has 0 saturated heterocycles. The average Bonchev–Trinajstić information content (AvgIpc) is 2.43. The van der Waals surface area contributed by atoms with Crippen LogP contribution in [0.25, 0.3) is 0 Å². The van der Waals surface area contributed by atoms with Crippen LogP contribution in [0.15, 0.2) is 29.2 Å². The molecule has 1 unspecified atom stereocenters. The van der Waals surface area contributed by atoms with Gasteiger partial charge in [0.2, 0.25) is 0 Å². The highest BCUT2D eigenvalue weighted by Crippen LogP contribution is 2.29. The van der Waals surface area contributed by atoms with Crippen molar-refractivity contribution in [3.05, 3.63) is 29.3 Å². The number of hydrogen-bond acceptors (Lipinski definition) is 4. The van der Waals surface area contributed by atoms with E-state index in [2.05, 4.69) is 12.2 Å². The van der Waals surface area contributed by atoms with Crippen LogP contribution in [-0.4, -0.2) is 30.9 Å². The summed E-state index contributed by atoms with van der Waals surface area (Å²) in [7, 11) is 1.41. The molecule has 0 fully saturated rings. The van der Waals surface area contributed by atoms with Gasteiger partial charge in [-0.3, -0.25) is 4.79 Å². The van der Waals surface area contributed by atoms with Gasteiger partial charge in [0.1, 0.15) is 5.54 Å². The topological polar surface area (TPSA) is 38.3 Å². The molecule has 0 aliphatic carbocycles. The Morgan fingerprint density at radius 3 is 2.74 bits per heavy atom. The zero-order valence-corrected chi connectivity index (χ0v) is 13.1. The van der Waals surface area contributed by atoms with Gasteiger partial charge in [-0.25, -0.2) is 0 Å². The number of ether oxygens (including phenoxy) is 1. The summed E-state index contributed by atoms with van der Waals surface area (Å²) in [4.78, 5) is 12.9. The Balaban J connectivity index is 2.73. The lowest BCUT2D eigenvalue weighted by molar-refractivity contribution is -0.146. The second-order valence-corrected chi connectivity index (χ2v) is 5.89. The molecular weight excluding hydrogens is 282 g/mol.